The molecular formula is C25H31ClF2. The predicted molar refractivity (Wildman–Crippen MR) is 115 cm³/mol. The predicted octanol–water partition coefficient (Wildman–Crippen LogP) is 8.60. The molecule has 1 fully saturated rings. The lowest BCUT2D eigenvalue weighted by molar-refractivity contribution is 0.247. The Morgan fingerprint density at radius 1 is 0.857 bits per heavy atom. The van der Waals surface area contributed by atoms with Crippen LogP contribution in [0.1, 0.15) is 70.3 Å². The molecular weight excluding hydrogens is 374 g/mol. The third-order valence-corrected chi connectivity index (χ3v) is 6.50. The Kier molecular flexibility index (Phi) is 7.91. The number of unbranched alkanes of at least 4 members (excludes halogenated alkanes) is 1. The molecule has 0 radical (unpaired) electrons. The van der Waals surface area contributed by atoms with Gasteiger partial charge in [-0.15, -0.1) is 0 Å². The maximum absolute atomic E-state index is 14.6. The zero-order chi connectivity index (χ0) is 19.9. The zero-order valence-electron chi connectivity index (χ0n) is 16.8. The fourth-order valence-electron chi connectivity index (χ4n) is 4.56. The molecule has 152 valence electrons. The summed E-state index contributed by atoms with van der Waals surface area (Å²) in [7, 11) is 0. The lowest BCUT2D eigenvalue weighted by Crippen LogP contribution is -2.14. The summed E-state index contributed by atoms with van der Waals surface area (Å²) >= 11 is 5.87. The van der Waals surface area contributed by atoms with Crippen LogP contribution in [-0.4, -0.2) is 0 Å². The van der Waals surface area contributed by atoms with Gasteiger partial charge in [-0.05, 0) is 60.1 Å². The van der Waals surface area contributed by atoms with Crippen LogP contribution >= 0.6 is 11.6 Å². The monoisotopic (exact) mass is 404 g/mol. The van der Waals surface area contributed by atoms with Crippen LogP contribution in [0.3, 0.4) is 0 Å². The Labute approximate surface area is 173 Å². The average molecular weight is 405 g/mol. The van der Waals surface area contributed by atoms with E-state index in [-0.39, 0.29) is 5.56 Å². The van der Waals surface area contributed by atoms with Gasteiger partial charge in [0.25, 0.3) is 0 Å². The maximum atomic E-state index is 14.6. The third-order valence-electron chi connectivity index (χ3n) is 6.24. The van der Waals surface area contributed by atoms with E-state index in [9.17, 15) is 8.78 Å². The number of benzene rings is 2. The fraction of sp³-hybridized carbons (Fsp3) is 0.520. The van der Waals surface area contributed by atoms with E-state index in [4.69, 9.17) is 11.6 Å². The summed E-state index contributed by atoms with van der Waals surface area (Å²) < 4.78 is 29.1. The smallest absolute Gasteiger partial charge is 0.134 e. The van der Waals surface area contributed by atoms with Crippen LogP contribution in [0.25, 0.3) is 11.1 Å². The Balaban J connectivity index is 1.51. The molecule has 2 aromatic carbocycles. The van der Waals surface area contributed by atoms with Gasteiger partial charge in [0.15, 0.2) is 0 Å². The van der Waals surface area contributed by atoms with Crippen molar-refractivity contribution >= 4 is 11.6 Å². The highest BCUT2D eigenvalue weighted by Gasteiger charge is 2.20. The van der Waals surface area contributed by atoms with Crippen LogP contribution in [0.2, 0.25) is 5.02 Å². The van der Waals surface area contributed by atoms with Gasteiger partial charge in [0.1, 0.15) is 11.6 Å². The molecule has 0 unspecified atom stereocenters. The molecule has 0 aromatic heterocycles. The first-order valence-electron chi connectivity index (χ1n) is 10.8. The van der Waals surface area contributed by atoms with Crippen molar-refractivity contribution in [2.24, 2.45) is 11.8 Å². The molecule has 0 aliphatic heterocycles. The normalized spacial score (nSPS) is 19.7. The summed E-state index contributed by atoms with van der Waals surface area (Å²) in [5, 5.41) is 0.556. The Hall–Kier alpha value is -1.41. The second-order valence-corrected chi connectivity index (χ2v) is 8.80. The zero-order valence-corrected chi connectivity index (χ0v) is 17.6. The van der Waals surface area contributed by atoms with Gasteiger partial charge in [-0.25, -0.2) is 8.78 Å². The van der Waals surface area contributed by atoms with Crippen molar-refractivity contribution in [3.05, 3.63) is 58.6 Å². The first kappa shape index (κ1) is 21.3. The number of hydrogen-bond acceptors (Lipinski definition) is 0. The molecule has 1 aliphatic rings. The van der Waals surface area contributed by atoms with Gasteiger partial charge in [0.05, 0.1) is 5.56 Å². The van der Waals surface area contributed by atoms with Gasteiger partial charge in [-0.1, -0.05) is 82.0 Å². The third kappa shape index (κ3) is 5.80. The lowest BCUT2D eigenvalue weighted by atomic mass is 9.78. The minimum Gasteiger partial charge on any atom is -0.206 e. The van der Waals surface area contributed by atoms with E-state index in [1.165, 1.54) is 63.5 Å². The van der Waals surface area contributed by atoms with E-state index < -0.39 is 11.6 Å². The minimum atomic E-state index is -0.492. The first-order chi connectivity index (χ1) is 13.6. The fourth-order valence-corrected chi connectivity index (χ4v) is 4.68. The van der Waals surface area contributed by atoms with Gasteiger partial charge in [0, 0.05) is 5.02 Å². The summed E-state index contributed by atoms with van der Waals surface area (Å²) in [5.74, 6) is 0.739. The van der Waals surface area contributed by atoms with Gasteiger partial charge in [0.2, 0.25) is 0 Å². The second-order valence-electron chi connectivity index (χ2n) is 8.36. The summed E-state index contributed by atoms with van der Waals surface area (Å²) in [6.07, 6.45) is 12.3. The van der Waals surface area contributed by atoms with Crippen LogP contribution < -0.4 is 0 Å². The summed E-state index contributed by atoms with van der Waals surface area (Å²) in [6, 6.07) is 9.60. The summed E-state index contributed by atoms with van der Waals surface area (Å²) in [4.78, 5) is 0. The summed E-state index contributed by atoms with van der Waals surface area (Å²) in [5.41, 5.74) is 1.31. The van der Waals surface area contributed by atoms with E-state index in [2.05, 4.69) is 6.92 Å². The highest BCUT2D eigenvalue weighted by atomic mass is 35.5. The molecule has 0 saturated heterocycles. The number of hydrogen-bond donors (Lipinski definition) is 0. The molecule has 0 N–H and O–H groups in total. The highest BCUT2D eigenvalue weighted by molar-refractivity contribution is 6.30. The molecule has 3 rings (SSSR count). The lowest BCUT2D eigenvalue weighted by Gasteiger charge is -2.28. The molecule has 2 aromatic rings. The van der Waals surface area contributed by atoms with E-state index in [1.54, 1.807) is 24.3 Å². The van der Waals surface area contributed by atoms with Crippen molar-refractivity contribution in [1.29, 1.82) is 0 Å². The number of aryl methyl sites for hydroxylation is 1. The molecule has 1 saturated carbocycles. The van der Waals surface area contributed by atoms with Crippen molar-refractivity contribution in [3.63, 3.8) is 0 Å². The molecule has 0 nitrogen and oxygen atoms in total. The van der Waals surface area contributed by atoms with Crippen molar-refractivity contribution in [1.82, 2.24) is 0 Å². The van der Waals surface area contributed by atoms with Gasteiger partial charge in [-0.3, -0.25) is 0 Å². The van der Waals surface area contributed by atoms with Crippen LogP contribution in [0.15, 0.2) is 36.4 Å². The van der Waals surface area contributed by atoms with E-state index in [0.717, 1.165) is 30.2 Å². The highest BCUT2D eigenvalue weighted by Crippen LogP contribution is 2.34. The average Bonchev–Trinajstić information content (AvgIpc) is 2.68. The Bertz CT molecular complexity index is 723. The quantitative estimate of drug-likeness (QED) is 0.413. The minimum absolute atomic E-state index is 0.0332. The maximum Gasteiger partial charge on any atom is 0.134 e. The molecule has 28 heavy (non-hydrogen) atoms. The van der Waals surface area contributed by atoms with Crippen LogP contribution in [0.4, 0.5) is 8.78 Å². The molecule has 0 spiro atoms. The first-order valence-corrected chi connectivity index (χ1v) is 11.2. The SMILES string of the molecule is CCCCC1CCC(CCCc2cc(F)c(-c3ccc(Cl)cc3)c(F)c2)CC1. The molecule has 0 amide bonds. The standard InChI is InChI=1S/C25H31ClF2/c1-2-3-5-18-8-10-19(11-9-18)6-4-7-20-16-23(27)25(24(28)17-20)21-12-14-22(26)15-13-21/h12-19H,2-11H2,1H3. The van der Waals surface area contributed by atoms with Crippen LogP contribution in [0.5, 0.6) is 0 Å². The second kappa shape index (κ2) is 10.4. The van der Waals surface area contributed by atoms with Crippen molar-refractivity contribution < 1.29 is 8.78 Å². The van der Waals surface area contributed by atoms with Crippen molar-refractivity contribution in [2.45, 2.75) is 71.1 Å². The Morgan fingerprint density at radius 2 is 1.39 bits per heavy atom. The Morgan fingerprint density at radius 3 is 1.93 bits per heavy atom. The van der Waals surface area contributed by atoms with Crippen molar-refractivity contribution in [3.8, 4) is 11.1 Å². The molecule has 0 bridgehead atoms. The molecule has 1 aliphatic carbocycles. The summed E-state index contributed by atoms with van der Waals surface area (Å²) in [6.45, 7) is 2.26. The van der Waals surface area contributed by atoms with Crippen LogP contribution in [0, 0.1) is 23.5 Å². The number of rotatable bonds is 8. The molecule has 3 heteroatoms. The van der Waals surface area contributed by atoms with E-state index in [0.29, 0.717) is 10.6 Å². The molecule has 0 atom stereocenters. The van der Waals surface area contributed by atoms with E-state index in [1.807, 2.05) is 0 Å². The van der Waals surface area contributed by atoms with Crippen molar-refractivity contribution in [2.75, 3.05) is 0 Å². The largest absolute Gasteiger partial charge is 0.206 e. The number of halogens is 3. The molecule has 0 heterocycles. The topological polar surface area (TPSA) is 0 Å². The van der Waals surface area contributed by atoms with E-state index >= 15 is 0 Å². The van der Waals surface area contributed by atoms with Crippen LogP contribution in [-0.2, 0) is 6.42 Å². The van der Waals surface area contributed by atoms with Gasteiger partial charge < -0.3 is 0 Å². The van der Waals surface area contributed by atoms with Gasteiger partial charge in [-0.2, -0.15) is 0 Å². The van der Waals surface area contributed by atoms with Gasteiger partial charge >= 0.3 is 0 Å².